The number of aromatic nitrogens is 2. The van der Waals surface area contributed by atoms with E-state index in [0.29, 0.717) is 23.1 Å². The van der Waals surface area contributed by atoms with Gasteiger partial charge in [-0.15, -0.1) is 0 Å². The highest BCUT2D eigenvalue weighted by molar-refractivity contribution is 5.97. The van der Waals surface area contributed by atoms with E-state index in [4.69, 9.17) is 0 Å². The Hall–Kier alpha value is -3.16. The molecule has 1 aliphatic heterocycles. The van der Waals surface area contributed by atoms with E-state index >= 15 is 0 Å². The molecule has 7 heteroatoms. The van der Waals surface area contributed by atoms with Gasteiger partial charge in [0.1, 0.15) is 11.5 Å². The molecule has 0 aliphatic carbocycles. The number of piperidine rings is 1. The number of benzene rings is 2. The minimum atomic E-state index is -2.74. The molecule has 1 unspecified atom stereocenters. The molecule has 4 nitrogen and oxygen atoms in total. The molecule has 0 spiro atoms. The van der Waals surface area contributed by atoms with Crippen molar-refractivity contribution in [3.05, 3.63) is 77.9 Å². The van der Waals surface area contributed by atoms with E-state index in [1.807, 2.05) is 30.3 Å². The zero-order valence-corrected chi connectivity index (χ0v) is 17.9. The molecule has 2 aromatic carbocycles. The predicted molar refractivity (Wildman–Crippen MR) is 122 cm³/mol. The van der Waals surface area contributed by atoms with Gasteiger partial charge in [0.15, 0.2) is 0 Å². The minimum Gasteiger partial charge on any atom is -0.392 e. The number of β-amino-alcohol motifs (C(OH)–C–C–N with tert-alkyl or cyclic N) is 1. The largest absolute Gasteiger partial charge is 0.392 e. The van der Waals surface area contributed by atoms with Gasteiger partial charge in [-0.05, 0) is 54.3 Å². The second kappa shape index (κ2) is 9.00. The molecule has 33 heavy (non-hydrogen) atoms. The Morgan fingerprint density at radius 1 is 1.06 bits per heavy atom. The van der Waals surface area contributed by atoms with Crippen LogP contribution >= 0.6 is 0 Å². The SMILES string of the molecule is OC1CCCN(Cc2ccc(-c3cnc4[nH]c(C(F)F)c(-c5cccc(F)c5)c4c3)cc2)C1. The summed E-state index contributed by atoms with van der Waals surface area (Å²) in [7, 11) is 0. The van der Waals surface area contributed by atoms with Crippen LogP contribution in [0.15, 0.2) is 60.8 Å². The standard InChI is InChI=1S/C26H24F3N3O/c27-20-4-1-3-18(11-20)23-22-12-19(13-30-26(22)31-24(23)25(28)29)17-8-6-16(7-9-17)14-32-10-2-5-21(33)15-32/h1,3-4,6-9,11-13,21,25,33H,2,5,10,14-15H2,(H,30,31). The number of aliphatic hydroxyl groups excluding tert-OH is 1. The normalized spacial score (nSPS) is 17.2. The van der Waals surface area contributed by atoms with Gasteiger partial charge in [-0.3, -0.25) is 4.90 Å². The highest BCUT2D eigenvalue weighted by Gasteiger charge is 2.22. The molecule has 1 aliphatic rings. The fourth-order valence-corrected chi connectivity index (χ4v) is 4.60. The van der Waals surface area contributed by atoms with Crippen LogP contribution in [0.25, 0.3) is 33.3 Å². The fourth-order valence-electron chi connectivity index (χ4n) is 4.60. The molecule has 0 saturated carbocycles. The van der Waals surface area contributed by atoms with Crippen LogP contribution in [0.4, 0.5) is 13.2 Å². The van der Waals surface area contributed by atoms with Crippen LogP contribution in [0.2, 0.25) is 0 Å². The van der Waals surface area contributed by atoms with Crippen molar-refractivity contribution in [1.29, 1.82) is 0 Å². The molecular formula is C26H24F3N3O. The molecule has 2 aromatic heterocycles. The Bertz CT molecular complexity index is 1270. The van der Waals surface area contributed by atoms with Gasteiger partial charge in [0, 0.05) is 35.8 Å². The second-order valence-corrected chi connectivity index (χ2v) is 8.57. The molecule has 3 heterocycles. The van der Waals surface area contributed by atoms with E-state index in [9.17, 15) is 18.3 Å². The molecule has 2 N–H and O–H groups in total. The minimum absolute atomic E-state index is 0.261. The number of hydrogen-bond acceptors (Lipinski definition) is 3. The number of nitrogens with zero attached hydrogens (tertiary/aromatic N) is 2. The van der Waals surface area contributed by atoms with E-state index < -0.39 is 12.2 Å². The molecule has 1 saturated heterocycles. The van der Waals surface area contributed by atoms with Gasteiger partial charge in [0.2, 0.25) is 0 Å². The van der Waals surface area contributed by atoms with Crippen molar-refractivity contribution in [2.45, 2.75) is 31.9 Å². The number of alkyl halides is 2. The predicted octanol–water partition coefficient (Wildman–Crippen LogP) is 5.93. The lowest BCUT2D eigenvalue weighted by Gasteiger charge is -2.29. The second-order valence-electron chi connectivity index (χ2n) is 8.57. The fraction of sp³-hybridized carbons (Fsp3) is 0.269. The van der Waals surface area contributed by atoms with Crippen LogP contribution in [0.1, 0.15) is 30.5 Å². The van der Waals surface area contributed by atoms with E-state index in [2.05, 4.69) is 14.9 Å². The first-order valence-corrected chi connectivity index (χ1v) is 11.0. The molecule has 4 aromatic rings. The zero-order chi connectivity index (χ0) is 22.9. The van der Waals surface area contributed by atoms with Crippen molar-refractivity contribution in [1.82, 2.24) is 14.9 Å². The summed E-state index contributed by atoms with van der Waals surface area (Å²) in [6.07, 6.45) is 0.501. The summed E-state index contributed by atoms with van der Waals surface area (Å²) in [5, 5.41) is 10.4. The molecule has 0 radical (unpaired) electrons. The highest BCUT2D eigenvalue weighted by Crippen LogP contribution is 2.38. The van der Waals surface area contributed by atoms with Crippen LogP contribution in [0.3, 0.4) is 0 Å². The average molecular weight is 451 g/mol. The van der Waals surface area contributed by atoms with Crippen LogP contribution in [0.5, 0.6) is 0 Å². The van der Waals surface area contributed by atoms with Gasteiger partial charge in [-0.2, -0.15) is 0 Å². The zero-order valence-electron chi connectivity index (χ0n) is 17.9. The Morgan fingerprint density at radius 3 is 2.61 bits per heavy atom. The Labute approximate surface area is 189 Å². The van der Waals surface area contributed by atoms with Gasteiger partial charge >= 0.3 is 0 Å². The van der Waals surface area contributed by atoms with Crippen molar-refractivity contribution < 1.29 is 18.3 Å². The van der Waals surface area contributed by atoms with Crippen molar-refractivity contribution in [3.63, 3.8) is 0 Å². The van der Waals surface area contributed by atoms with Gasteiger partial charge in [0.05, 0.1) is 11.8 Å². The van der Waals surface area contributed by atoms with Crippen LogP contribution in [-0.4, -0.2) is 39.2 Å². The van der Waals surface area contributed by atoms with Crippen molar-refractivity contribution >= 4 is 11.0 Å². The smallest absolute Gasteiger partial charge is 0.278 e. The summed E-state index contributed by atoms with van der Waals surface area (Å²) in [6.45, 7) is 2.43. The molecule has 170 valence electrons. The molecule has 0 amide bonds. The number of nitrogens with one attached hydrogen (secondary N) is 1. The van der Waals surface area contributed by atoms with Crippen molar-refractivity contribution in [2.24, 2.45) is 0 Å². The number of halogens is 3. The van der Waals surface area contributed by atoms with E-state index in [1.54, 1.807) is 12.3 Å². The summed E-state index contributed by atoms with van der Waals surface area (Å²) in [5.41, 5.74) is 3.58. The quantitative estimate of drug-likeness (QED) is 0.395. The molecule has 1 fully saturated rings. The van der Waals surface area contributed by atoms with Crippen LogP contribution < -0.4 is 0 Å². The molecule has 5 rings (SSSR count). The van der Waals surface area contributed by atoms with E-state index in [0.717, 1.165) is 42.6 Å². The Morgan fingerprint density at radius 2 is 1.88 bits per heavy atom. The summed E-state index contributed by atoms with van der Waals surface area (Å²) < 4.78 is 41.4. The maximum atomic E-state index is 13.8. The third-order valence-electron chi connectivity index (χ3n) is 6.19. The summed E-state index contributed by atoms with van der Waals surface area (Å²) in [4.78, 5) is 9.33. The average Bonchev–Trinajstić information content (AvgIpc) is 3.19. The van der Waals surface area contributed by atoms with Crippen molar-refractivity contribution in [3.8, 4) is 22.3 Å². The first-order valence-electron chi connectivity index (χ1n) is 11.0. The maximum absolute atomic E-state index is 13.8. The number of H-pyrrole nitrogens is 1. The lowest BCUT2D eigenvalue weighted by atomic mass is 9.99. The third kappa shape index (κ3) is 4.51. The first kappa shape index (κ1) is 21.7. The first-order chi connectivity index (χ1) is 16.0. The van der Waals surface area contributed by atoms with E-state index in [-0.39, 0.29) is 17.4 Å². The number of fused-ring (bicyclic) bond motifs is 1. The number of pyridine rings is 1. The molecular weight excluding hydrogens is 427 g/mol. The van der Waals surface area contributed by atoms with E-state index in [1.165, 1.54) is 18.2 Å². The third-order valence-corrected chi connectivity index (χ3v) is 6.19. The number of aromatic amines is 1. The summed E-state index contributed by atoms with van der Waals surface area (Å²) >= 11 is 0. The molecule has 0 bridgehead atoms. The Kier molecular flexibility index (Phi) is 5.91. The monoisotopic (exact) mass is 451 g/mol. The number of aliphatic hydroxyl groups is 1. The number of rotatable bonds is 5. The number of hydrogen-bond donors (Lipinski definition) is 2. The lowest BCUT2D eigenvalue weighted by Crippen LogP contribution is -2.37. The van der Waals surface area contributed by atoms with Gasteiger partial charge < -0.3 is 10.1 Å². The lowest BCUT2D eigenvalue weighted by molar-refractivity contribution is 0.0668. The van der Waals surface area contributed by atoms with Crippen LogP contribution in [-0.2, 0) is 6.54 Å². The Balaban J connectivity index is 1.48. The van der Waals surface area contributed by atoms with Crippen molar-refractivity contribution in [2.75, 3.05) is 13.1 Å². The van der Waals surface area contributed by atoms with Crippen LogP contribution in [0, 0.1) is 5.82 Å². The highest BCUT2D eigenvalue weighted by atomic mass is 19.3. The number of likely N-dealkylation sites (tertiary alicyclic amines) is 1. The summed E-state index contributed by atoms with van der Waals surface area (Å²) in [6, 6.07) is 15.5. The maximum Gasteiger partial charge on any atom is 0.278 e. The topological polar surface area (TPSA) is 52.1 Å². The van der Waals surface area contributed by atoms with Gasteiger partial charge in [-0.1, -0.05) is 36.4 Å². The van der Waals surface area contributed by atoms with Gasteiger partial charge in [-0.25, -0.2) is 18.2 Å². The van der Waals surface area contributed by atoms with Gasteiger partial charge in [0.25, 0.3) is 6.43 Å². The molecule has 1 atom stereocenters. The summed E-state index contributed by atoms with van der Waals surface area (Å²) in [5.74, 6) is -0.483.